The van der Waals surface area contributed by atoms with Gasteiger partial charge in [0.2, 0.25) is 5.95 Å². The molecule has 15 heteroatoms. The Hall–Kier alpha value is -5.02. The van der Waals surface area contributed by atoms with E-state index in [-0.39, 0.29) is 42.5 Å². The predicted molar refractivity (Wildman–Crippen MR) is 170 cm³/mol. The van der Waals surface area contributed by atoms with Gasteiger partial charge in [0.25, 0.3) is 21.6 Å². The lowest BCUT2D eigenvalue weighted by Gasteiger charge is -2.17. The molecular weight excluding hydrogens is 618 g/mol. The summed E-state index contributed by atoms with van der Waals surface area (Å²) in [5.74, 6) is -1.45. The molecule has 0 unspecified atom stereocenters. The van der Waals surface area contributed by atoms with Gasteiger partial charge in [-0.1, -0.05) is 29.8 Å². The highest BCUT2D eigenvalue weighted by Crippen LogP contribution is 2.16. The quantitative estimate of drug-likeness (QED) is 0.110. The van der Waals surface area contributed by atoms with Crippen molar-refractivity contribution < 1.29 is 36.8 Å². The number of rotatable bonds is 12. The summed E-state index contributed by atoms with van der Waals surface area (Å²) in [5.41, 5.74) is 8.81. The number of nitrogen functional groups attached to an aromatic ring is 1. The molecule has 2 aromatic heterocycles. The van der Waals surface area contributed by atoms with E-state index < -0.39 is 34.0 Å². The first-order valence-electron chi connectivity index (χ1n) is 14.4. The molecule has 4 rings (SSSR count). The number of nitrogens with zero attached hydrogens (tertiary/aromatic N) is 1. The van der Waals surface area contributed by atoms with Crippen molar-refractivity contribution in [3.8, 4) is 0 Å². The molecule has 2 aromatic carbocycles. The Morgan fingerprint density at radius 1 is 1.00 bits per heavy atom. The van der Waals surface area contributed by atoms with Crippen molar-refractivity contribution in [2.75, 3.05) is 18.9 Å². The number of nitrogens with two attached hydrogens (primary N) is 1. The van der Waals surface area contributed by atoms with E-state index in [4.69, 9.17) is 19.8 Å². The minimum Gasteiger partial charge on any atom is -0.466 e. The van der Waals surface area contributed by atoms with Gasteiger partial charge in [-0.2, -0.15) is 13.4 Å². The van der Waals surface area contributed by atoms with Crippen LogP contribution in [0.1, 0.15) is 53.7 Å². The number of ether oxygens (including phenoxy) is 2. The highest BCUT2D eigenvalue weighted by Gasteiger charge is 2.24. The second kappa shape index (κ2) is 16.3. The molecule has 2 heterocycles. The van der Waals surface area contributed by atoms with E-state index in [1.165, 1.54) is 12.1 Å². The third kappa shape index (κ3) is 10.3. The van der Waals surface area contributed by atoms with Crippen LogP contribution in [0.4, 0.5) is 5.95 Å². The highest BCUT2D eigenvalue weighted by molar-refractivity contribution is 7.85. The SMILES string of the molecule is CCOC(=O)CC[C@H](NC(=O)c1ccc(CCc2c[nH]c3nc(N)[nH]c(=O)c23)cc1)C(=O)OCC.Cc1ccc(S(=O)(=O)O)cc1. The van der Waals surface area contributed by atoms with Gasteiger partial charge in [0, 0.05) is 18.2 Å². The Morgan fingerprint density at radius 2 is 1.65 bits per heavy atom. The molecule has 6 N–H and O–H groups in total. The van der Waals surface area contributed by atoms with Gasteiger partial charge in [0.15, 0.2) is 0 Å². The highest BCUT2D eigenvalue weighted by atomic mass is 32.2. The van der Waals surface area contributed by atoms with Crippen molar-refractivity contribution in [3.63, 3.8) is 0 Å². The van der Waals surface area contributed by atoms with Crippen LogP contribution in [0.15, 0.2) is 64.4 Å². The van der Waals surface area contributed by atoms with Crippen LogP contribution in [-0.4, -0.2) is 65.0 Å². The molecule has 246 valence electrons. The number of H-pyrrole nitrogens is 2. The molecule has 14 nitrogen and oxygen atoms in total. The van der Waals surface area contributed by atoms with Gasteiger partial charge in [-0.05, 0) is 75.4 Å². The maximum atomic E-state index is 12.7. The minimum atomic E-state index is -4.02. The van der Waals surface area contributed by atoms with E-state index >= 15 is 0 Å². The monoisotopic (exact) mass is 655 g/mol. The summed E-state index contributed by atoms with van der Waals surface area (Å²) >= 11 is 0. The lowest BCUT2D eigenvalue weighted by atomic mass is 10.0. The maximum absolute atomic E-state index is 12.7. The molecule has 1 amide bonds. The number of anilines is 1. The number of aromatic amines is 2. The molecule has 0 aliphatic rings. The Labute approximate surface area is 265 Å². The van der Waals surface area contributed by atoms with E-state index in [1.807, 2.05) is 19.1 Å². The number of carbonyl (C=O) groups excluding carboxylic acids is 3. The normalized spacial score (nSPS) is 11.7. The van der Waals surface area contributed by atoms with Crippen molar-refractivity contribution in [1.29, 1.82) is 0 Å². The van der Waals surface area contributed by atoms with E-state index in [0.717, 1.165) is 16.7 Å². The van der Waals surface area contributed by atoms with Crippen molar-refractivity contribution >= 4 is 44.9 Å². The van der Waals surface area contributed by atoms with Gasteiger partial charge in [-0.25, -0.2) is 4.79 Å². The molecule has 0 spiro atoms. The molecule has 0 fully saturated rings. The van der Waals surface area contributed by atoms with Gasteiger partial charge in [-0.15, -0.1) is 0 Å². The fourth-order valence-corrected chi connectivity index (χ4v) is 4.84. The van der Waals surface area contributed by atoms with Crippen LogP contribution in [0.2, 0.25) is 0 Å². The molecule has 0 bridgehead atoms. The Morgan fingerprint density at radius 3 is 2.26 bits per heavy atom. The predicted octanol–water partition coefficient (Wildman–Crippen LogP) is 2.87. The number of aromatic nitrogens is 3. The molecule has 0 saturated heterocycles. The van der Waals surface area contributed by atoms with Crippen LogP contribution >= 0.6 is 0 Å². The van der Waals surface area contributed by atoms with Gasteiger partial charge in [-0.3, -0.25) is 23.9 Å². The molecule has 4 aromatic rings. The standard InChI is InChI=1S/C24H29N5O6.C7H8O3S/c1-3-34-18(30)12-11-17(23(33)35-4-2)27-21(31)15-8-5-14(6-9-15)7-10-16-13-26-20-19(16)22(32)29-24(25)28-20;1-6-2-4-7(5-3-6)11(8,9)10/h5-6,8-9,13,17H,3-4,7,10-12H2,1-2H3,(H,27,31)(H4,25,26,28,29,32);2-5H,1H3,(H,8,9,10)/t17-;/m0./s1. The number of nitrogens with one attached hydrogen (secondary N) is 3. The first-order valence-corrected chi connectivity index (χ1v) is 15.9. The Kier molecular flexibility index (Phi) is 12.6. The number of esters is 2. The molecule has 0 saturated carbocycles. The number of amides is 1. The molecule has 1 atom stereocenters. The minimum absolute atomic E-state index is 0.0185. The van der Waals surface area contributed by atoms with Crippen molar-refractivity contribution in [3.05, 3.63) is 87.3 Å². The number of hydrogen-bond acceptors (Lipinski definition) is 10. The zero-order valence-corrected chi connectivity index (χ0v) is 26.5. The summed E-state index contributed by atoms with van der Waals surface area (Å²) in [7, 11) is -4.02. The molecule has 0 aliphatic heterocycles. The zero-order valence-electron chi connectivity index (χ0n) is 25.7. The lowest BCUT2D eigenvalue weighted by Crippen LogP contribution is -2.42. The van der Waals surface area contributed by atoms with Crippen molar-refractivity contribution in [2.45, 2.75) is 57.4 Å². The lowest BCUT2D eigenvalue weighted by molar-refractivity contribution is -0.146. The van der Waals surface area contributed by atoms with Crippen molar-refractivity contribution in [2.24, 2.45) is 0 Å². The molecule has 46 heavy (non-hydrogen) atoms. The van der Waals surface area contributed by atoms with E-state index in [1.54, 1.807) is 44.3 Å². The van der Waals surface area contributed by atoms with Crippen molar-refractivity contribution in [1.82, 2.24) is 20.3 Å². The number of hydrogen-bond donors (Lipinski definition) is 5. The number of fused-ring (bicyclic) bond motifs is 1. The van der Waals surface area contributed by atoms with Gasteiger partial charge >= 0.3 is 11.9 Å². The van der Waals surface area contributed by atoms with Crippen LogP contribution < -0.4 is 16.6 Å². The summed E-state index contributed by atoms with van der Waals surface area (Å²) in [4.78, 5) is 58.3. The molecular formula is C31H37N5O9S. The van der Waals surface area contributed by atoms with Crippen LogP contribution in [0.25, 0.3) is 11.0 Å². The van der Waals surface area contributed by atoms with Crippen LogP contribution in [0.3, 0.4) is 0 Å². The summed E-state index contributed by atoms with van der Waals surface area (Å²) in [6, 6.07) is 11.9. The largest absolute Gasteiger partial charge is 0.466 e. The summed E-state index contributed by atoms with van der Waals surface area (Å²) in [6.07, 6.45) is 3.00. The number of aryl methyl sites for hydroxylation is 3. The van der Waals surface area contributed by atoms with E-state index in [2.05, 4.69) is 20.3 Å². The number of carbonyl (C=O) groups is 3. The van der Waals surface area contributed by atoms with Gasteiger partial charge in [0.1, 0.15) is 11.7 Å². The van der Waals surface area contributed by atoms with Gasteiger partial charge < -0.3 is 25.5 Å². The van der Waals surface area contributed by atoms with Gasteiger partial charge in [0.05, 0.1) is 23.5 Å². The smallest absolute Gasteiger partial charge is 0.328 e. The summed E-state index contributed by atoms with van der Waals surface area (Å²) in [5, 5.41) is 3.11. The van der Waals surface area contributed by atoms with Crippen LogP contribution in [-0.2, 0) is 42.0 Å². The maximum Gasteiger partial charge on any atom is 0.328 e. The molecule has 0 radical (unpaired) electrons. The van der Waals surface area contributed by atoms with E-state index in [0.29, 0.717) is 29.4 Å². The number of benzene rings is 2. The van der Waals surface area contributed by atoms with Crippen LogP contribution in [0, 0.1) is 6.92 Å². The third-order valence-electron chi connectivity index (χ3n) is 6.68. The summed E-state index contributed by atoms with van der Waals surface area (Å²) < 4.78 is 39.5. The second-order valence-corrected chi connectivity index (χ2v) is 11.5. The topological polar surface area (TPSA) is 224 Å². The van der Waals surface area contributed by atoms with E-state index in [9.17, 15) is 27.6 Å². The fourth-order valence-electron chi connectivity index (χ4n) is 4.36. The average molecular weight is 656 g/mol. The second-order valence-electron chi connectivity index (χ2n) is 10.1. The summed E-state index contributed by atoms with van der Waals surface area (Å²) in [6.45, 7) is 5.60. The molecule has 0 aliphatic carbocycles. The Balaban J connectivity index is 0.000000441. The van der Waals surface area contributed by atoms with Crippen LogP contribution in [0.5, 0.6) is 0 Å². The average Bonchev–Trinajstić information content (AvgIpc) is 3.41. The fraction of sp³-hybridized carbons (Fsp3) is 0.323. The third-order valence-corrected chi connectivity index (χ3v) is 7.55. The Bertz CT molecular complexity index is 1820. The zero-order chi connectivity index (χ0) is 33.9. The first kappa shape index (κ1) is 35.5. The first-order chi connectivity index (χ1) is 21.8.